The van der Waals surface area contributed by atoms with Crippen LogP contribution in [0.2, 0.25) is 10.0 Å². The van der Waals surface area contributed by atoms with Gasteiger partial charge < -0.3 is 9.88 Å². The summed E-state index contributed by atoms with van der Waals surface area (Å²) in [5.74, 6) is -0.813. The van der Waals surface area contributed by atoms with E-state index in [1.54, 1.807) is 42.6 Å². The van der Waals surface area contributed by atoms with Gasteiger partial charge in [0.05, 0.1) is 29.2 Å². The third-order valence-electron chi connectivity index (χ3n) is 4.33. The Kier molecular flexibility index (Phi) is 6.56. The van der Waals surface area contributed by atoms with Crippen molar-refractivity contribution in [2.24, 2.45) is 5.10 Å². The van der Waals surface area contributed by atoms with Gasteiger partial charge in [-0.3, -0.25) is 4.79 Å². The molecule has 0 unspecified atom stereocenters. The lowest BCUT2D eigenvalue weighted by molar-refractivity contribution is -0.119. The van der Waals surface area contributed by atoms with Crippen LogP contribution < -0.4 is 10.7 Å². The van der Waals surface area contributed by atoms with Crippen LogP contribution in [0.5, 0.6) is 0 Å². The number of hydrogen-bond donors (Lipinski definition) is 2. The summed E-state index contributed by atoms with van der Waals surface area (Å²) >= 11 is 12.4. The number of hydrazone groups is 1. The van der Waals surface area contributed by atoms with Crippen molar-refractivity contribution in [2.75, 3.05) is 11.9 Å². The second-order valence-electron chi connectivity index (χ2n) is 6.38. The topological polar surface area (TPSA) is 58.4 Å². The largest absolute Gasteiger partial charge is 0.374 e. The summed E-state index contributed by atoms with van der Waals surface area (Å²) in [6.07, 6.45) is 1.55. The van der Waals surface area contributed by atoms with E-state index in [1.807, 2.05) is 24.5 Å². The molecule has 0 fully saturated rings. The molecular weight excluding hydrogens is 414 g/mol. The number of nitrogens with one attached hydrogen (secondary N) is 2. The maximum Gasteiger partial charge on any atom is 0.259 e. The lowest BCUT2D eigenvalue weighted by atomic mass is 10.2. The Balaban J connectivity index is 1.68. The summed E-state index contributed by atoms with van der Waals surface area (Å²) in [4.78, 5) is 11.9. The number of hydrogen-bond acceptors (Lipinski definition) is 3. The van der Waals surface area contributed by atoms with Gasteiger partial charge >= 0.3 is 0 Å². The Bertz CT molecular complexity index is 1080. The highest BCUT2D eigenvalue weighted by Crippen LogP contribution is 2.28. The van der Waals surface area contributed by atoms with E-state index in [1.165, 1.54) is 6.07 Å². The number of aromatic nitrogens is 1. The molecule has 0 aliphatic heterocycles. The monoisotopic (exact) mass is 432 g/mol. The molecule has 0 aliphatic rings. The first kappa shape index (κ1) is 20.9. The number of carbonyl (C=O) groups is 1. The Hall–Kier alpha value is -2.83. The lowest BCUT2D eigenvalue weighted by Crippen LogP contribution is -2.26. The molecule has 1 heterocycles. The van der Waals surface area contributed by atoms with Gasteiger partial charge in [-0.25, -0.2) is 9.82 Å². The number of amides is 1. The molecule has 3 rings (SSSR count). The minimum atomic E-state index is -0.420. The van der Waals surface area contributed by atoms with Crippen molar-refractivity contribution in [2.45, 2.75) is 13.8 Å². The number of para-hydroxylation sites is 1. The molecule has 3 aromatic rings. The molecule has 0 saturated carbocycles. The van der Waals surface area contributed by atoms with E-state index in [-0.39, 0.29) is 12.2 Å². The van der Waals surface area contributed by atoms with E-state index >= 15 is 0 Å². The fourth-order valence-electron chi connectivity index (χ4n) is 2.94. The molecule has 29 heavy (non-hydrogen) atoms. The molecule has 0 atom stereocenters. The summed E-state index contributed by atoms with van der Waals surface area (Å²) < 4.78 is 15.5. The zero-order valence-electron chi connectivity index (χ0n) is 15.8. The molecule has 2 aromatic carbocycles. The van der Waals surface area contributed by atoms with Crippen molar-refractivity contribution in [1.29, 1.82) is 0 Å². The first-order valence-corrected chi connectivity index (χ1v) is 9.57. The first-order valence-electron chi connectivity index (χ1n) is 8.81. The van der Waals surface area contributed by atoms with Gasteiger partial charge in [-0.2, -0.15) is 5.10 Å². The molecule has 0 aliphatic carbocycles. The van der Waals surface area contributed by atoms with Crippen LogP contribution in [-0.4, -0.2) is 23.2 Å². The number of aryl methyl sites for hydroxylation is 1. The zero-order valence-corrected chi connectivity index (χ0v) is 17.4. The number of rotatable bonds is 6. The van der Waals surface area contributed by atoms with E-state index in [4.69, 9.17) is 23.2 Å². The molecule has 5 nitrogen and oxygen atoms in total. The van der Waals surface area contributed by atoms with Crippen LogP contribution in [-0.2, 0) is 4.79 Å². The van der Waals surface area contributed by atoms with E-state index < -0.39 is 11.7 Å². The van der Waals surface area contributed by atoms with E-state index in [0.29, 0.717) is 10.0 Å². The van der Waals surface area contributed by atoms with Gasteiger partial charge in [0.15, 0.2) is 0 Å². The number of benzene rings is 2. The Labute approximate surface area is 178 Å². The van der Waals surface area contributed by atoms with Crippen molar-refractivity contribution >= 4 is 41.0 Å². The molecule has 0 spiro atoms. The Morgan fingerprint density at radius 1 is 1.17 bits per heavy atom. The van der Waals surface area contributed by atoms with Crippen LogP contribution in [0, 0.1) is 19.7 Å². The van der Waals surface area contributed by atoms with E-state index in [9.17, 15) is 9.18 Å². The van der Waals surface area contributed by atoms with Crippen LogP contribution in [0.4, 0.5) is 10.1 Å². The van der Waals surface area contributed by atoms with Crippen molar-refractivity contribution in [3.8, 4) is 5.69 Å². The van der Waals surface area contributed by atoms with Gasteiger partial charge in [0.1, 0.15) is 5.82 Å². The highest BCUT2D eigenvalue weighted by Gasteiger charge is 2.13. The third kappa shape index (κ3) is 4.96. The normalized spacial score (nSPS) is 11.1. The Morgan fingerprint density at radius 2 is 1.93 bits per heavy atom. The molecule has 0 radical (unpaired) electrons. The fourth-order valence-corrected chi connectivity index (χ4v) is 3.31. The van der Waals surface area contributed by atoms with Gasteiger partial charge in [0, 0.05) is 22.0 Å². The second kappa shape index (κ2) is 9.11. The summed E-state index contributed by atoms with van der Waals surface area (Å²) in [6.45, 7) is 3.76. The predicted molar refractivity (Wildman–Crippen MR) is 116 cm³/mol. The van der Waals surface area contributed by atoms with Crippen LogP contribution >= 0.6 is 23.2 Å². The van der Waals surface area contributed by atoms with Crippen molar-refractivity contribution in [3.63, 3.8) is 0 Å². The zero-order chi connectivity index (χ0) is 21.0. The summed E-state index contributed by atoms with van der Waals surface area (Å²) in [5, 5.41) is 7.88. The average molecular weight is 433 g/mol. The average Bonchev–Trinajstić information content (AvgIpc) is 2.96. The Morgan fingerprint density at radius 3 is 2.69 bits per heavy atom. The van der Waals surface area contributed by atoms with E-state index in [2.05, 4.69) is 15.8 Å². The van der Waals surface area contributed by atoms with Crippen LogP contribution in [0.15, 0.2) is 53.6 Å². The highest BCUT2D eigenvalue weighted by atomic mass is 35.5. The summed E-state index contributed by atoms with van der Waals surface area (Å²) in [7, 11) is 0. The maximum atomic E-state index is 13.5. The quantitative estimate of drug-likeness (QED) is 0.420. The third-order valence-corrected chi connectivity index (χ3v) is 4.88. The molecule has 1 aromatic heterocycles. The summed E-state index contributed by atoms with van der Waals surface area (Å²) in [5.41, 5.74) is 6.12. The van der Waals surface area contributed by atoms with E-state index in [0.717, 1.165) is 22.6 Å². The SMILES string of the molecule is Cc1cc(C=NNC(=O)CNc2ccccc2F)c(C)n1-c1cc(Cl)ccc1Cl. The van der Waals surface area contributed by atoms with Gasteiger partial charge in [-0.05, 0) is 50.2 Å². The number of anilines is 1. The minimum Gasteiger partial charge on any atom is -0.374 e. The van der Waals surface area contributed by atoms with Gasteiger partial charge in [0.25, 0.3) is 5.91 Å². The molecule has 2 N–H and O–H groups in total. The van der Waals surface area contributed by atoms with Gasteiger partial charge in [-0.1, -0.05) is 35.3 Å². The molecular formula is C21H19Cl2FN4O. The predicted octanol–water partition coefficient (Wildman–Crippen LogP) is 5.10. The number of carbonyl (C=O) groups excluding carboxylic acids is 1. The van der Waals surface area contributed by atoms with Gasteiger partial charge in [0.2, 0.25) is 0 Å². The van der Waals surface area contributed by atoms with Crippen molar-refractivity contribution in [1.82, 2.24) is 9.99 Å². The molecule has 150 valence electrons. The molecule has 1 amide bonds. The fraction of sp³-hybridized carbons (Fsp3) is 0.143. The summed E-state index contributed by atoms with van der Waals surface area (Å²) in [6, 6.07) is 13.3. The first-order chi connectivity index (χ1) is 13.9. The van der Waals surface area contributed by atoms with Crippen LogP contribution in [0.3, 0.4) is 0 Å². The smallest absolute Gasteiger partial charge is 0.259 e. The number of halogens is 3. The van der Waals surface area contributed by atoms with Crippen molar-refractivity contribution < 1.29 is 9.18 Å². The van der Waals surface area contributed by atoms with Crippen LogP contribution in [0.25, 0.3) is 5.69 Å². The standard InChI is InChI=1S/C21H19Cl2FN4O/c1-13-9-15(14(2)28(13)20-10-16(22)7-8-17(20)23)11-26-27-21(29)12-25-19-6-4-3-5-18(19)24/h3-11,25H,12H2,1-2H3,(H,27,29). The molecule has 8 heteroatoms. The maximum absolute atomic E-state index is 13.5. The molecule has 0 bridgehead atoms. The highest BCUT2D eigenvalue weighted by molar-refractivity contribution is 6.34. The molecule has 0 saturated heterocycles. The van der Waals surface area contributed by atoms with Crippen LogP contribution in [0.1, 0.15) is 17.0 Å². The minimum absolute atomic E-state index is 0.102. The lowest BCUT2D eigenvalue weighted by Gasteiger charge is -2.12. The second-order valence-corrected chi connectivity index (χ2v) is 7.23. The number of nitrogens with zero attached hydrogens (tertiary/aromatic N) is 2. The van der Waals surface area contributed by atoms with Crippen molar-refractivity contribution in [3.05, 3.63) is 81.3 Å². The van der Waals surface area contributed by atoms with Gasteiger partial charge in [-0.15, -0.1) is 0 Å².